The van der Waals surface area contributed by atoms with Crippen molar-refractivity contribution >= 4 is 5.91 Å². The minimum atomic E-state index is -0.208. The smallest absolute Gasteiger partial charge is 0.220 e. The van der Waals surface area contributed by atoms with Crippen molar-refractivity contribution < 1.29 is 9.28 Å². The van der Waals surface area contributed by atoms with Crippen LogP contribution in [0.5, 0.6) is 0 Å². The normalized spacial score (nSPS) is 21.8. The third-order valence-corrected chi connectivity index (χ3v) is 5.32. The molecule has 1 saturated heterocycles. The standard InChI is InChI=1S/C8H18N.C6H13NO.C6H14.C3H8/c1-7-5-9(3,4)6-8(7)2;1-4(2)5(3)6(7)8;1-5(2)6(3)4;1-3-2/h7-8H,5-6H2,1-4H3;4-5H,1-3H3,(H2,7,8);5-6H,1-4H3;3H2,1-2H3/q+1;;;. The van der Waals surface area contributed by atoms with Crippen LogP contribution in [0.4, 0.5) is 0 Å². The molecule has 3 unspecified atom stereocenters. The first-order chi connectivity index (χ1) is 11.6. The maximum absolute atomic E-state index is 10.4. The fourth-order valence-corrected chi connectivity index (χ4v) is 2.32. The Labute approximate surface area is 166 Å². The van der Waals surface area contributed by atoms with Crippen molar-refractivity contribution in [2.45, 2.75) is 82.6 Å². The van der Waals surface area contributed by atoms with E-state index in [1.54, 1.807) is 0 Å². The van der Waals surface area contributed by atoms with Crippen LogP contribution in [-0.2, 0) is 4.79 Å². The number of quaternary nitrogens is 1. The Bertz CT molecular complexity index is 317. The molecule has 1 fully saturated rings. The molecule has 0 aliphatic carbocycles. The molecule has 1 heterocycles. The summed E-state index contributed by atoms with van der Waals surface area (Å²) in [5.74, 6) is 3.73. The molecule has 1 amide bonds. The number of hydrogen-bond donors (Lipinski definition) is 1. The fourth-order valence-electron chi connectivity index (χ4n) is 2.32. The number of rotatable bonds is 3. The maximum Gasteiger partial charge on any atom is 0.220 e. The second kappa shape index (κ2) is 15.5. The van der Waals surface area contributed by atoms with Crippen LogP contribution < -0.4 is 5.73 Å². The Balaban J connectivity index is -0.000000289. The van der Waals surface area contributed by atoms with Crippen molar-refractivity contribution in [1.82, 2.24) is 0 Å². The van der Waals surface area contributed by atoms with Gasteiger partial charge in [-0.05, 0) is 17.8 Å². The number of likely N-dealkylation sites (tertiary alicyclic amines) is 1. The van der Waals surface area contributed by atoms with Gasteiger partial charge in [-0.25, -0.2) is 0 Å². The first kappa shape index (κ1) is 30.2. The lowest BCUT2D eigenvalue weighted by atomic mass is 9.98. The molecule has 0 bridgehead atoms. The number of primary amides is 1. The molecule has 1 rings (SSSR count). The molecule has 3 nitrogen and oxygen atoms in total. The van der Waals surface area contributed by atoms with Crippen molar-refractivity contribution in [2.75, 3.05) is 27.2 Å². The number of amides is 1. The van der Waals surface area contributed by atoms with Crippen molar-refractivity contribution in [3.8, 4) is 0 Å². The summed E-state index contributed by atoms with van der Waals surface area (Å²) in [6.07, 6.45) is 1.25. The number of hydrogen-bond acceptors (Lipinski definition) is 1. The summed E-state index contributed by atoms with van der Waals surface area (Å²) in [6, 6.07) is 0. The number of carbonyl (C=O) groups excluding carboxylic acids is 1. The molecule has 0 radical (unpaired) electrons. The molecular formula is C23H53N2O+. The second-order valence-electron chi connectivity index (χ2n) is 9.89. The molecule has 3 heteroatoms. The zero-order valence-electron chi connectivity index (χ0n) is 20.5. The molecule has 0 aromatic rings. The van der Waals surface area contributed by atoms with Gasteiger partial charge in [-0.15, -0.1) is 0 Å². The minimum Gasteiger partial charge on any atom is -0.369 e. The van der Waals surface area contributed by atoms with Gasteiger partial charge < -0.3 is 10.2 Å². The van der Waals surface area contributed by atoms with E-state index in [9.17, 15) is 4.79 Å². The molecular weight excluding hydrogens is 320 g/mol. The van der Waals surface area contributed by atoms with Crippen molar-refractivity contribution in [3.63, 3.8) is 0 Å². The highest BCUT2D eigenvalue weighted by Gasteiger charge is 2.33. The highest BCUT2D eigenvalue weighted by atomic mass is 16.1. The highest BCUT2D eigenvalue weighted by Crippen LogP contribution is 2.25. The summed E-state index contributed by atoms with van der Waals surface area (Å²) in [5, 5.41) is 0. The predicted molar refractivity (Wildman–Crippen MR) is 119 cm³/mol. The largest absolute Gasteiger partial charge is 0.369 e. The van der Waals surface area contributed by atoms with Crippen LogP contribution in [0.15, 0.2) is 0 Å². The zero-order valence-corrected chi connectivity index (χ0v) is 20.5. The van der Waals surface area contributed by atoms with Gasteiger partial charge in [0.15, 0.2) is 0 Å². The van der Waals surface area contributed by atoms with Crippen LogP contribution >= 0.6 is 0 Å². The van der Waals surface area contributed by atoms with E-state index in [4.69, 9.17) is 5.73 Å². The van der Waals surface area contributed by atoms with Gasteiger partial charge in [0.2, 0.25) is 5.91 Å². The summed E-state index contributed by atoms with van der Waals surface area (Å²) in [4.78, 5) is 10.4. The van der Waals surface area contributed by atoms with E-state index < -0.39 is 0 Å². The van der Waals surface area contributed by atoms with E-state index in [1.807, 2.05) is 20.8 Å². The molecule has 3 atom stereocenters. The van der Waals surface area contributed by atoms with Gasteiger partial charge in [-0.3, -0.25) is 4.79 Å². The summed E-state index contributed by atoms with van der Waals surface area (Å²) in [7, 11) is 4.64. The third kappa shape index (κ3) is 18.2. The van der Waals surface area contributed by atoms with Gasteiger partial charge in [0.25, 0.3) is 0 Å². The van der Waals surface area contributed by atoms with E-state index in [2.05, 4.69) is 69.5 Å². The SMILES string of the molecule is CC(C)C(C)C.CC(C)C(C)C(N)=O.CC1C[N+](C)(C)CC1C.CCC. The van der Waals surface area contributed by atoms with Crippen LogP contribution in [0.25, 0.3) is 0 Å². The Morgan fingerprint density at radius 3 is 1.15 bits per heavy atom. The molecule has 26 heavy (non-hydrogen) atoms. The first-order valence-corrected chi connectivity index (χ1v) is 10.7. The summed E-state index contributed by atoms with van der Waals surface area (Å²) in [6.45, 7) is 26.5. The topological polar surface area (TPSA) is 43.1 Å². The lowest BCUT2D eigenvalue weighted by molar-refractivity contribution is -0.880. The van der Waals surface area contributed by atoms with Crippen LogP contribution in [0.1, 0.15) is 82.6 Å². The summed E-state index contributed by atoms with van der Waals surface area (Å²) in [5.41, 5.74) is 5.00. The van der Waals surface area contributed by atoms with E-state index in [1.165, 1.54) is 24.0 Å². The van der Waals surface area contributed by atoms with E-state index in [0.717, 1.165) is 23.7 Å². The van der Waals surface area contributed by atoms with Gasteiger partial charge in [-0.2, -0.15) is 0 Å². The van der Waals surface area contributed by atoms with Crippen LogP contribution in [-0.4, -0.2) is 37.6 Å². The first-order valence-electron chi connectivity index (χ1n) is 10.7. The summed E-state index contributed by atoms with van der Waals surface area (Å²) >= 11 is 0. The average molecular weight is 374 g/mol. The molecule has 0 aromatic heterocycles. The highest BCUT2D eigenvalue weighted by molar-refractivity contribution is 5.76. The lowest BCUT2D eigenvalue weighted by Gasteiger charge is -2.23. The van der Waals surface area contributed by atoms with Crippen LogP contribution in [0.3, 0.4) is 0 Å². The Morgan fingerprint density at radius 1 is 0.846 bits per heavy atom. The van der Waals surface area contributed by atoms with Crippen molar-refractivity contribution in [1.29, 1.82) is 0 Å². The summed E-state index contributed by atoms with van der Waals surface area (Å²) < 4.78 is 1.22. The Morgan fingerprint density at radius 2 is 1.12 bits per heavy atom. The van der Waals surface area contributed by atoms with Gasteiger partial charge in [0.05, 0.1) is 27.2 Å². The van der Waals surface area contributed by atoms with E-state index in [-0.39, 0.29) is 11.8 Å². The van der Waals surface area contributed by atoms with Gasteiger partial charge in [-0.1, -0.05) is 82.6 Å². The molecule has 2 N–H and O–H groups in total. The van der Waals surface area contributed by atoms with Gasteiger partial charge >= 0.3 is 0 Å². The van der Waals surface area contributed by atoms with Crippen molar-refractivity contribution in [2.24, 2.45) is 41.2 Å². The third-order valence-electron chi connectivity index (χ3n) is 5.32. The van der Waals surface area contributed by atoms with Gasteiger partial charge in [0, 0.05) is 17.8 Å². The number of nitrogens with two attached hydrogens (primary N) is 1. The molecule has 1 aliphatic rings. The molecule has 0 saturated carbocycles. The second-order valence-corrected chi connectivity index (χ2v) is 9.89. The molecule has 0 aromatic carbocycles. The van der Waals surface area contributed by atoms with E-state index >= 15 is 0 Å². The maximum atomic E-state index is 10.4. The van der Waals surface area contributed by atoms with Crippen molar-refractivity contribution in [3.05, 3.63) is 0 Å². The van der Waals surface area contributed by atoms with Crippen LogP contribution in [0.2, 0.25) is 0 Å². The number of nitrogens with zero attached hydrogens (tertiary/aromatic N) is 1. The molecule has 1 aliphatic heterocycles. The predicted octanol–water partition coefficient (Wildman–Crippen LogP) is 5.83. The molecule has 160 valence electrons. The number of carbonyl (C=O) groups is 1. The average Bonchev–Trinajstić information content (AvgIpc) is 2.70. The van der Waals surface area contributed by atoms with Crippen LogP contribution in [0, 0.1) is 35.5 Å². The minimum absolute atomic E-state index is 0.00926. The Kier molecular flexibility index (Phi) is 18.0. The quantitative estimate of drug-likeness (QED) is 0.622. The zero-order chi connectivity index (χ0) is 21.7. The van der Waals surface area contributed by atoms with Gasteiger partial charge in [0.1, 0.15) is 0 Å². The molecule has 0 spiro atoms. The van der Waals surface area contributed by atoms with E-state index in [0.29, 0.717) is 5.92 Å². The lowest BCUT2D eigenvalue weighted by Crippen LogP contribution is -2.36. The fraction of sp³-hybridized carbons (Fsp3) is 0.957. The monoisotopic (exact) mass is 373 g/mol. The Hall–Kier alpha value is -0.570.